The lowest BCUT2D eigenvalue weighted by atomic mass is 10.1. The van der Waals surface area contributed by atoms with Gasteiger partial charge in [0.05, 0.1) is 17.2 Å². The molecule has 1 fully saturated rings. The number of hydrogen-bond acceptors (Lipinski definition) is 2. The van der Waals surface area contributed by atoms with E-state index in [9.17, 15) is 18.0 Å². The SMILES string of the molecule is CC(C)=C[C@@H]1[C@@H](C(=O)NNc2ccccc2C(F)(F)F)C1(C)C. The number of hydrogen-bond donors (Lipinski definition) is 2. The lowest BCUT2D eigenvalue weighted by Gasteiger charge is -2.15. The number of hydrazine groups is 1. The maximum Gasteiger partial charge on any atom is 0.418 e. The number of benzene rings is 1. The lowest BCUT2D eigenvalue weighted by Crippen LogP contribution is -2.33. The second-order valence-electron chi connectivity index (χ2n) is 6.73. The van der Waals surface area contributed by atoms with Gasteiger partial charge in [0.25, 0.3) is 0 Å². The van der Waals surface area contributed by atoms with Crippen LogP contribution in [-0.4, -0.2) is 5.91 Å². The molecule has 0 aromatic heterocycles. The summed E-state index contributed by atoms with van der Waals surface area (Å²) >= 11 is 0. The van der Waals surface area contributed by atoms with E-state index in [-0.39, 0.29) is 28.8 Å². The Morgan fingerprint density at radius 2 is 1.83 bits per heavy atom. The summed E-state index contributed by atoms with van der Waals surface area (Å²) in [6.07, 6.45) is -2.44. The molecular weight excluding hydrogens is 305 g/mol. The van der Waals surface area contributed by atoms with Crippen LogP contribution in [0.2, 0.25) is 0 Å². The Labute approximate surface area is 133 Å². The Hall–Kier alpha value is -1.98. The zero-order valence-corrected chi connectivity index (χ0v) is 13.6. The molecular formula is C17H21F3N2O. The standard InChI is InChI=1S/C17H21F3N2O/c1-10(2)9-12-14(16(12,3)4)15(23)22-21-13-8-6-5-7-11(13)17(18,19)20/h5-9,12,14,21H,1-4H3,(H,22,23)/t12-,14+/m1/s1. The van der Waals surface area contributed by atoms with Gasteiger partial charge in [-0.3, -0.25) is 15.6 Å². The van der Waals surface area contributed by atoms with Gasteiger partial charge in [-0.25, -0.2) is 0 Å². The first-order chi connectivity index (χ1) is 10.5. The molecule has 2 N–H and O–H groups in total. The van der Waals surface area contributed by atoms with Crippen molar-refractivity contribution < 1.29 is 18.0 Å². The van der Waals surface area contributed by atoms with Gasteiger partial charge in [-0.15, -0.1) is 0 Å². The molecule has 1 amide bonds. The third-order valence-electron chi connectivity index (χ3n) is 4.26. The van der Waals surface area contributed by atoms with E-state index in [0.29, 0.717) is 0 Å². The van der Waals surface area contributed by atoms with E-state index in [0.717, 1.165) is 11.6 Å². The van der Waals surface area contributed by atoms with Gasteiger partial charge in [0.2, 0.25) is 5.91 Å². The third-order valence-corrected chi connectivity index (χ3v) is 4.26. The highest BCUT2D eigenvalue weighted by Gasteiger charge is 2.60. The van der Waals surface area contributed by atoms with Crippen LogP contribution in [0.5, 0.6) is 0 Å². The first kappa shape index (κ1) is 17.4. The minimum Gasteiger partial charge on any atom is -0.298 e. The number of allylic oxidation sites excluding steroid dienone is 2. The van der Waals surface area contributed by atoms with Crippen LogP contribution in [0.3, 0.4) is 0 Å². The predicted octanol–water partition coefficient (Wildman–Crippen LogP) is 4.39. The smallest absolute Gasteiger partial charge is 0.298 e. The van der Waals surface area contributed by atoms with Crippen LogP contribution in [-0.2, 0) is 11.0 Å². The van der Waals surface area contributed by atoms with Crippen molar-refractivity contribution in [3.8, 4) is 0 Å². The zero-order valence-electron chi connectivity index (χ0n) is 13.6. The van der Waals surface area contributed by atoms with E-state index in [1.54, 1.807) is 0 Å². The molecule has 1 aliphatic rings. The van der Waals surface area contributed by atoms with Gasteiger partial charge < -0.3 is 0 Å². The Bertz CT molecular complexity index is 631. The number of nitrogens with one attached hydrogen (secondary N) is 2. The van der Waals surface area contributed by atoms with Crippen LogP contribution in [0.15, 0.2) is 35.9 Å². The van der Waals surface area contributed by atoms with Crippen molar-refractivity contribution in [2.24, 2.45) is 17.3 Å². The molecule has 1 aromatic carbocycles. The highest BCUT2D eigenvalue weighted by Crippen LogP contribution is 2.59. The van der Waals surface area contributed by atoms with E-state index in [4.69, 9.17) is 0 Å². The fourth-order valence-electron chi connectivity index (χ4n) is 2.89. The van der Waals surface area contributed by atoms with Crippen molar-refractivity contribution in [3.05, 3.63) is 41.5 Å². The van der Waals surface area contributed by atoms with Crippen LogP contribution in [0.1, 0.15) is 33.3 Å². The Morgan fingerprint density at radius 1 is 1.22 bits per heavy atom. The minimum atomic E-state index is -4.47. The Morgan fingerprint density at radius 3 is 2.39 bits per heavy atom. The number of para-hydroxylation sites is 1. The molecule has 6 heteroatoms. The number of amides is 1. The average Bonchev–Trinajstić information content (AvgIpc) is 2.95. The fraction of sp³-hybridized carbons (Fsp3) is 0.471. The summed E-state index contributed by atoms with van der Waals surface area (Å²) in [4.78, 5) is 12.3. The van der Waals surface area contributed by atoms with Crippen molar-refractivity contribution in [2.75, 3.05) is 5.43 Å². The normalized spacial score (nSPS) is 22.2. The van der Waals surface area contributed by atoms with E-state index >= 15 is 0 Å². The highest BCUT2D eigenvalue weighted by atomic mass is 19.4. The van der Waals surface area contributed by atoms with Gasteiger partial charge in [-0.2, -0.15) is 13.2 Å². The molecule has 23 heavy (non-hydrogen) atoms. The molecule has 0 aliphatic heterocycles. The number of halogens is 3. The average molecular weight is 326 g/mol. The van der Waals surface area contributed by atoms with Gasteiger partial charge in [0.15, 0.2) is 0 Å². The molecule has 1 aliphatic carbocycles. The number of alkyl halides is 3. The predicted molar refractivity (Wildman–Crippen MR) is 83.4 cm³/mol. The highest BCUT2D eigenvalue weighted by molar-refractivity contribution is 5.84. The van der Waals surface area contributed by atoms with E-state index < -0.39 is 11.7 Å². The molecule has 0 bridgehead atoms. The molecule has 3 nitrogen and oxygen atoms in total. The Balaban J connectivity index is 2.06. The molecule has 0 heterocycles. The van der Waals surface area contributed by atoms with Gasteiger partial charge >= 0.3 is 6.18 Å². The molecule has 0 unspecified atom stereocenters. The number of carbonyl (C=O) groups excluding carboxylic acids is 1. The summed E-state index contributed by atoms with van der Waals surface area (Å²) in [6.45, 7) is 7.87. The van der Waals surface area contributed by atoms with Gasteiger partial charge in [0.1, 0.15) is 0 Å². The summed E-state index contributed by atoms with van der Waals surface area (Å²) in [5.41, 5.74) is 4.79. The zero-order chi connectivity index (χ0) is 17.4. The molecule has 2 rings (SSSR count). The van der Waals surface area contributed by atoms with Crippen LogP contribution >= 0.6 is 0 Å². The van der Waals surface area contributed by atoms with Crippen LogP contribution in [0.25, 0.3) is 0 Å². The molecule has 1 aromatic rings. The Kier molecular flexibility index (Phi) is 4.46. The maximum atomic E-state index is 12.9. The summed E-state index contributed by atoms with van der Waals surface area (Å²) in [5.74, 6) is -0.440. The first-order valence-electron chi connectivity index (χ1n) is 7.42. The number of carbonyl (C=O) groups is 1. The quantitative estimate of drug-likeness (QED) is 0.636. The molecule has 2 atom stereocenters. The molecule has 126 valence electrons. The maximum absolute atomic E-state index is 12.9. The third kappa shape index (κ3) is 3.68. The second-order valence-corrected chi connectivity index (χ2v) is 6.73. The fourth-order valence-corrected chi connectivity index (χ4v) is 2.89. The van der Waals surface area contributed by atoms with E-state index in [1.165, 1.54) is 18.2 Å². The number of anilines is 1. The van der Waals surface area contributed by atoms with Gasteiger partial charge in [0, 0.05) is 0 Å². The minimum absolute atomic E-state index is 0.104. The van der Waals surface area contributed by atoms with Crippen LogP contribution in [0.4, 0.5) is 18.9 Å². The largest absolute Gasteiger partial charge is 0.418 e. The van der Waals surface area contributed by atoms with E-state index in [1.807, 2.05) is 33.8 Å². The van der Waals surface area contributed by atoms with Crippen molar-refractivity contribution >= 4 is 11.6 Å². The van der Waals surface area contributed by atoms with Gasteiger partial charge in [-0.05, 0) is 37.3 Å². The first-order valence-corrected chi connectivity index (χ1v) is 7.42. The summed E-state index contributed by atoms with van der Waals surface area (Å²) < 4.78 is 38.7. The topological polar surface area (TPSA) is 41.1 Å². The second kappa shape index (κ2) is 5.91. The molecule has 0 radical (unpaired) electrons. The van der Waals surface area contributed by atoms with Crippen LogP contribution < -0.4 is 10.9 Å². The lowest BCUT2D eigenvalue weighted by molar-refractivity contribution is -0.137. The molecule has 0 spiro atoms. The monoisotopic (exact) mass is 326 g/mol. The molecule has 0 saturated heterocycles. The molecule has 1 saturated carbocycles. The van der Waals surface area contributed by atoms with Crippen LogP contribution in [0, 0.1) is 17.3 Å². The number of rotatable bonds is 4. The van der Waals surface area contributed by atoms with Crippen molar-refractivity contribution in [3.63, 3.8) is 0 Å². The summed E-state index contributed by atoms with van der Waals surface area (Å²) in [7, 11) is 0. The van der Waals surface area contributed by atoms with E-state index in [2.05, 4.69) is 10.9 Å². The van der Waals surface area contributed by atoms with Gasteiger partial charge in [-0.1, -0.05) is 37.6 Å². The summed E-state index contributed by atoms with van der Waals surface area (Å²) in [5, 5.41) is 0. The van der Waals surface area contributed by atoms with Crippen molar-refractivity contribution in [1.29, 1.82) is 0 Å². The summed E-state index contributed by atoms with van der Waals surface area (Å²) in [6, 6.07) is 5.05. The van der Waals surface area contributed by atoms with Crippen molar-refractivity contribution in [2.45, 2.75) is 33.9 Å². The van der Waals surface area contributed by atoms with Crippen molar-refractivity contribution in [1.82, 2.24) is 5.43 Å².